The summed E-state index contributed by atoms with van der Waals surface area (Å²) in [5, 5.41) is 0. The van der Waals surface area contributed by atoms with Crippen molar-refractivity contribution in [3.8, 4) is 0 Å². The van der Waals surface area contributed by atoms with E-state index in [1.165, 1.54) is 28.4 Å². The quantitative estimate of drug-likeness (QED) is 0.904. The molecule has 17 heavy (non-hydrogen) atoms. The van der Waals surface area contributed by atoms with E-state index in [1.807, 2.05) is 0 Å². The standard InChI is InChI=1S/C14H21BrN2/c1-3-17(12-5-6-12)14(9-16)11-4-7-13(15)10(2)8-11/h4,7-8,12,14H,3,5-6,9,16H2,1-2H3. The molecule has 0 aliphatic heterocycles. The molecule has 0 heterocycles. The fraction of sp³-hybridized carbons (Fsp3) is 0.571. The molecule has 1 aliphatic rings. The lowest BCUT2D eigenvalue weighted by Gasteiger charge is -2.30. The van der Waals surface area contributed by atoms with Crippen LogP contribution in [0.15, 0.2) is 22.7 Å². The molecule has 1 saturated carbocycles. The van der Waals surface area contributed by atoms with Gasteiger partial charge in [-0.05, 0) is 43.5 Å². The van der Waals surface area contributed by atoms with Crippen LogP contribution in [0.1, 0.15) is 36.9 Å². The highest BCUT2D eigenvalue weighted by molar-refractivity contribution is 9.10. The second kappa shape index (κ2) is 5.51. The summed E-state index contributed by atoms with van der Waals surface area (Å²) in [6.07, 6.45) is 2.67. The molecule has 1 fully saturated rings. The Morgan fingerprint density at radius 3 is 2.65 bits per heavy atom. The predicted octanol–water partition coefficient (Wildman–Crippen LogP) is 3.24. The number of likely N-dealkylation sites (N-methyl/N-ethyl adjacent to an activating group) is 1. The van der Waals surface area contributed by atoms with Gasteiger partial charge in [0.1, 0.15) is 0 Å². The number of rotatable bonds is 5. The van der Waals surface area contributed by atoms with Gasteiger partial charge >= 0.3 is 0 Å². The Labute approximate surface area is 112 Å². The first kappa shape index (κ1) is 13.1. The zero-order valence-corrected chi connectivity index (χ0v) is 12.2. The van der Waals surface area contributed by atoms with Gasteiger partial charge < -0.3 is 5.73 Å². The average Bonchev–Trinajstić information content (AvgIpc) is 3.14. The van der Waals surface area contributed by atoms with Crippen molar-refractivity contribution in [2.24, 2.45) is 5.73 Å². The molecule has 2 rings (SSSR count). The van der Waals surface area contributed by atoms with Gasteiger partial charge in [0.15, 0.2) is 0 Å². The lowest BCUT2D eigenvalue weighted by Crippen LogP contribution is -2.35. The molecule has 3 heteroatoms. The smallest absolute Gasteiger partial charge is 0.0473 e. The van der Waals surface area contributed by atoms with E-state index >= 15 is 0 Å². The SMILES string of the molecule is CCN(C1CC1)C(CN)c1ccc(Br)c(C)c1. The lowest BCUT2D eigenvalue weighted by molar-refractivity contribution is 0.202. The Morgan fingerprint density at radius 1 is 1.47 bits per heavy atom. The first-order chi connectivity index (χ1) is 8.17. The lowest BCUT2D eigenvalue weighted by atomic mass is 10.0. The normalized spacial score (nSPS) is 17.5. The van der Waals surface area contributed by atoms with Gasteiger partial charge in [-0.25, -0.2) is 0 Å². The van der Waals surface area contributed by atoms with Crippen LogP contribution < -0.4 is 5.73 Å². The van der Waals surface area contributed by atoms with E-state index in [-0.39, 0.29) is 0 Å². The zero-order chi connectivity index (χ0) is 12.4. The second-order valence-corrected chi connectivity index (χ2v) is 5.68. The van der Waals surface area contributed by atoms with E-state index in [4.69, 9.17) is 5.73 Å². The van der Waals surface area contributed by atoms with Crippen LogP contribution >= 0.6 is 15.9 Å². The Bertz CT molecular complexity index is 388. The number of benzene rings is 1. The monoisotopic (exact) mass is 296 g/mol. The van der Waals surface area contributed by atoms with Gasteiger partial charge in [0, 0.05) is 23.1 Å². The Balaban J connectivity index is 2.23. The molecule has 0 bridgehead atoms. The molecule has 1 aromatic carbocycles. The zero-order valence-electron chi connectivity index (χ0n) is 10.6. The summed E-state index contributed by atoms with van der Waals surface area (Å²) in [5.41, 5.74) is 8.62. The van der Waals surface area contributed by atoms with Crippen molar-refractivity contribution in [1.82, 2.24) is 4.90 Å². The summed E-state index contributed by atoms with van der Waals surface area (Å²) in [7, 11) is 0. The van der Waals surface area contributed by atoms with Gasteiger partial charge in [-0.2, -0.15) is 0 Å². The van der Waals surface area contributed by atoms with Crippen LogP contribution in [0.4, 0.5) is 0 Å². The Kier molecular flexibility index (Phi) is 4.23. The molecule has 2 N–H and O–H groups in total. The minimum atomic E-state index is 0.374. The van der Waals surface area contributed by atoms with Crippen molar-refractivity contribution in [2.45, 2.75) is 38.8 Å². The van der Waals surface area contributed by atoms with E-state index in [1.54, 1.807) is 0 Å². The summed E-state index contributed by atoms with van der Waals surface area (Å²) in [6.45, 7) is 6.15. The fourth-order valence-electron chi connectivity index (χ4n) is 2.48. The maximum Gasteiger partial charge on any atom is 0.0473 e. The minimum absolute atomic E-state index is 0.374. The van der Waals surface area contributed by atoms with Gasteiger partial charge in [0.25, 0.3) is 0 Å². The average molecular weight is 297 g/mol. The van der Waals surface area contributed by atoms with E-state index in [0.717, 1.165) is 12.6 Å². The molecular weight excluding hydrogens is 276 g/mol. The summed E-state index contributed by atoms with van der Waals surface area (Å²) in [4.78, 5) is 2.54. The van der Waals surface area contributed by atoms with E-state index in [9.17, 15) is 0 Å². The highest BCUT2D eigenvalue weighted by Gasteiger charge is 2.32. The molecule has 0 aromatic heterocycles. The van der Waals surface area contributed by atoms with Gasteiger partial charge in [0.05, 0.1) is 0 Å². The Hall–Kier alpha value is -0.380. The molecule has 0 amide bonds. The van der Waals surface area contributed by atoms with Crippen molar-refractivity contribution in [2.75, 3.05) is 13.1 Å². The third-order valence-electron chi connectivity index (χ3n) is 3.57. The first-order valence-corrected chi connectivity index (χ1v) is 7.18. The van der Waals surface area contributed by atoms with Crippen LogP contribution in [-0.2, 0) is 0 Å². The number of hydrogen-bond acceptors (Lipinski definition) is 2. The minimum Gasteiger partial charge on any atom is -0.329 e. The van der Waals surface area contributed by atoms with Crippen molar-refractivity contribution in [3.63, 3.8) is 0 Å². The van der Waals surface area contributed by atoms with Crippen molar-refractivity contribution in [3.05, 3.63) is 33.8 Å². The topological polar surface area (TPSA) is 29.3 Å². The number of aryl methyl sites for hydroxylation is 1. The van der Waals surface area contributed by atoms with E-state index in [0.29, 0.717) is 12.6 Å². The third-order valence-corrected chi connectivity index (χ3v) is 4.46. The van der Waals surface area contributed by atoms with Gasteiger partial charge in [-0.3, -0.25) is 4.90 Å². The van der Waals surface area contributed by atoms with Crippen LogP contribution in [0.3, 0.4) is 0 Å². The van der Waals surface area contributed by atoms with Crippen LogP contribution in [0.2, 0.25) is 0 Å². The second-order valence-electron chi connectivity index (χ2n) is 4.82. The summed E-state index contributed by atoms with van der Waals surface area (Å²) < 4.78 is 1.17. The number of halogens is 1. The van der Waals surface area contributed by atoms with E-state index < -0.39 is 0 Å². The van der Waals surface area contributed by atoms with Crippen LogP contribution in [-0.4, -0.2) is 24.0 Å². The molecule has 0 spiro atoms. The maximum absolute atomic E-state index is 5.98. The molecule has 2 nitrogen and oxygen atoms in total. The van der Waals surface area contributed by atoms with Gasteiger partial charge in [0.2, 0.25) is 0 Å². The Morgan fingerprint density at radius 2 is 2.18 bits per heavy atom. The molecule has 0 saturated heterocycles. The molecule has 1 unspecified atom stereocenters. The summed E-state index contributed by atoms with van der Waals surface area (Å²) in [6, 6.07) is 7.72. The van der Waals surface area contributed by atoms with Crippen molar-refractivity contribution < 1.29 is 0 Å². The largest absolute Gasteiger partial charge is 0.329 e. The highest BCUT2D eigenvalue weighted by Crippen LogP contribution is 2.34. The molecule has 0 radical (unpaired) electrons. The van der Waals surface area contributed by atoms with Crippen molar-refractivity contribution >= 4 is 15.9 Å². The number of nitrogens with zero attached hydrogens (tertiary/aromatic N) is 1. The van der Waals surface area contributed by atoms with Gasteiger partial charge in [-0.1, -0.05) is 35.0 Å². The predicted molar refractivity (Wildman–Crippen MR) is 76.1 cm³/mol. The third kappa shape index (κ3) is 2.90. The molecular formula is C14H21BrN2. The molecule has 1 aromatic rings. The summed E-state index contributed by atoms with van der Waals surface area (Å²) >= 11 is 3.55. The number of nitrogens with two attached hydrogens (primary N) is 1. The first-order valence-electron chi connectivity index (χ1n) is 6.39. The number of hydrogen-bond donors (Lipinski definition) is 1. The molecule has 1 atom stereocenters. The van der Waals surface area contributed by atoms with E-state index in [2.05, 4.69) is 52.9 Å². The highest BCUT2D eigenvalue weighted by atomic mass is 79.9. The maximum atomic E-state index is 5.98. The summed E-state index contributed by atoms with van der Waals surface area (Å²) in [5.74, 6) is 0. The van der Waals surface area contributed by atoms with Crippen LogP contribution in [0, 0.1) is 6.92 Å². The van der Waals surface area contributed by atoms with Crippen LogP contribution in [0.5, 0.6) is 0 Å². The molecule has 94 valence electrons. The van der Waals surface area contributed by atoms with Crippen molar-refractivity contribution in [1.29, 1.82) is 0 Å². The van der Waals surface area contributed by atoms with Crippen LogP contribution in [0.25, 0.3) is 0 Å². The van der Waals surface area contributed by atoms with Gasteiger partial charge in [-0.15, -0.1) is 0 Å². The molecule has 1 aliphatic carbocycles. The fourth-order valence-corrected chi connectivity index (χ4v) is 2.72.